The molecular formula is C14H16ClN3O2. The predicted molar refractivity (Wildman–Crippen MR) is 78.7 cm³/mol. The smallest absolute Gasteiger partial charge is 0.143 e. The van der Waals surface area contributed by atoms with Crippen LogP contribution in [0.25, 0.3) is 0 Å². The van der Waals surface area contributed by atoms with Crippen molar-refractivity contribution in [2.75, 3.05) is 19.5 Å². The Labute approximate surface area is 122 Å². The molecule has 6 heteroatoms. The summed E-state index contributed by atoms with van der Waals surface area (Å²) in [5, 5.41) is 3.76. The second-order valence-corrected chi connectivity index (χ2v) is 4.54. The molecule has 2 rings (SSSR count). The van der Waals surface area contributed by atoms with E-state index in [4.69, 9.17) is 21.1 Å². The average molecular weight is 294 g/mol. The number of halogens is 1. The number of rotatable bonds is 5. The van der Waals surface area contributed by atoms with Gasteiger partial charge in [0.15, 0.2) is 0 Å². The Hall–Kier alpha value is -2.01. The number of nitrogens with zero attached hydrogens (tertiary/aromatic N) is 2. The highest BCUT2D eigenvalue weighted by Gasteiger charge is 2.09. The van der Waals surface area contributed by atoms with Crippen LogP contribution in [0, 0.1) is 6.92 Å². The molecule has 106 valence electrons. The predicted octanol–water partition coefficient (Wildman–Crippen LogP) is 3.07. The molecule has 0 unspecified atom stereocenters. The molecule has 0 saturated heterocycles. The van der Waals surface area contributed by atoms with Crippen LogP contribution in [0.1, 0.15) is 11.5 Å². The lowest BCUT2D eigenvalue weighted by atomic mass is 10.2. The van der Waals surface area contributed by atoms with Crippen LogP contribution >= 0.6 is 11.6 Å². The molecule has 1 aromatic carbocycles. The molecule has 1 N–H and O–H groups in total. The third kappa shape index (κ3) is 3.30. The van der Waals surface area contributed by atoms with Crippen molar-refractivity contribution < 1.29 is 9.47 Å². The zero-order valence-electron chi connectivity index (χ0n) is 11.6. The van der Waals surface area contributed by atoms with Gasteiger partial charge in [-0.2, -0.15) is 0 Å². The first-order valence-electron chi connectivity index (χ1n) is 6.08. The average Bonchev–Trinajstić information content (AvgIpc) is 2.45. The van der Waals surface area contributed by atoms with Gasteiger partial charge in [0.2, 0.25) is 0 Å². The van der Waals surface area contributed by atoms with Gasteiger partial charge in [0.25, 0.3) is 0 Å². The highest BCUT2D eigenvalue weighted by Crippen LogP contribution is 2.35. The Bertz CT molecular complexity index is 605. The van der Waals surface area contributed by atoms with Crippen molar-refractivity contribution in [1.82, 2.24) is 9.97 Å². The molecule has 0 saturated carbocycles. The van der Waals surface area contributed by atoms with Crippen LogP contribution in [0.4, 0.5) is 5.69 Å². The molecular weight excluding hydrogens is 278 g/mol. The Balaban J connectivity index is 2.20. The van der Waals surface area contributed by atoms with Crippen LogP contribution in [-0.4, -0.2) is 24.2 Å². The van der Waals surface area contributed by atoms with E-state index in [1.807, 2.05) is 13.0 Å². The quantitative estimate of drug-likeness (QED) is 0.918. The minimum Gasteiger partial charge on any atom is -0.495 e. The van der Waals surface area contributed by atoms with E-state index in [9.17, 15) is 0 Å². The van der Waals surface area contributed by atoms with Crippen LogP contribution in [-0.2, 0) is 6.54 Å². The molecule has 0 bridgehead atoms. The summed E-state index contributed by atoms with van der Waals surface area (Å²) in [6.07, 6.45) is 1.74. The minimum absolute atomic E-state index is 0.507. The standard InChI is InChI=1S/C14H16ClN3O2/c1-9-16-5-4-10(18-9)8-17-12-7-13(19-2)11(15)6-14(12)20-3/h4-7,17H,8H2,1-3H3. The maximum absolute atomic E-state index is 6.06. The van der Waals surface area contributed by atoms with Gasteiger partial charge in [0.05, 0.1) is 37.2 Å². The van der Waals surface area contributed by atoms with Gasteiger partial charge in [0.1, 0.15) is 17.3 Å². The molecule has 0 amide bonds. The van der Waals surface area contributed by atoms with Crippen LogP contribution in [0.3, 0.4) is 0 Å². The molecule has 1 aromatic heterocycles. The van der Waals surface area contributed by atoms with Gasteiger partial charge >= 0.3 is 0 Å². The first kappa shape index (κ1) is 14.4. The number of aryl methyl sites for hydroxylation is 1. The summed E-state index contributed by atoms with van der Waals surface area (Å²) in [6.45, 7) is 2.42. The summed E-state index contributed by atoms with van der Waals surface area (Å²) in [6, 6.07) is 5.38. The van der Waals surface area contributed by atoms with Crippen LogP contribution in [0.5, 0.6) is 11.5 Å². The highest BCUT2D eigenvalue weighted by molar-refractivity contribution is 6.32. The third-order valence-corrected chi connectivity index (χ3v) is 3.06. The van der Waals surface area contributed by atoms with Crippen molar-refractivity contribution in [3.63, 3.8) is 0 Å². The van der Waals surface area contributed by atoms with Gasteiger partial charge < -0.3 is 14.8 Å². The summed E-state index contributed by atoms with van der Waals surface area (Å²) in [4.78, 5) is 8.40. The zero-order chi connectivity index (χ0) is 14.5. The second-order valence-electron chi connectivity index (χ2n) is 4.14. The van der Waals surface area contributed by atoms with Gasteiger partial charge in [-0.25, -0.2) is 9.97 Å². The number of methoxy groups -OCH3 is 2. The molecule has 0 radical (unpaired) electrons. The van der Waals surface area contributed by atoms with E-state index in [0.717, 1.165) is 17.2 Å². The van der Waals surface area contributed by atoms with E-state index < -0.39 is 0 Å². The molecule has 0 aliphatic rings. The van der Waals surface area contributed by atoms with Gasteiger partial charge in [-0.1, -0.05) is 11.6 Å². The van der Waals surface area contributed by atoms with Crippen molar-refractivity contribution in [3.8, 4) is 11.5 Å². The molecule has 0 spiro atoms. The fraction of sp³-hybridized carbons (Fsp3) is 0.286. The SMILES string of the molecule is COc1cc(NCc2ccnc(C)n2)c(OC)cc1Cl. The molecule has 0 fully saturated rings. The van der Waals surface area contributed by atoms with Crippen LogP contribution in [0.15, 0.2) is 24.4 Å². The Morgan fingerprint density at radius 1 is 1.20 bits per heavy atom. The number of aromatic nitrogens is 2. The van der Waals surface area contributed by atoms with E-state index in [1.54, 1.807) is 32.5 Å². The monoisotopic (exact) mass is 293 g/mol. The summed E-state index contributed by atoms with van der Waals surface area (Å²) in [5.41, 5.74) is 1.69. The molecule has 2 aromatic rings. The van der Waals surface area contributed by atoms with Crippen molar-refractivity contribution in [1.29, 1.82) is 0 Å². The molecule has 5 nitrogen and oxygen atoms in total. The lowest BCUT2D eigenvalue weighted by molar-refractivity contribution is 0.404. The fourth-order valence-corrected chi connectivity index (χ4v) is 2.02. The number of ether oxygens (including phenoxy) is 2. The first-order chi connectivity index (χ1) is 9.63. The van der Waals surface area contributed by atoms with Crippen molar-refractivity contribution in [2.45, 2.75) is 13.5 Å². The number of anilines is 1. The van der Waals surface area contributed by atoms with E-state index >= 15 is 0 Å². The third-order valence-electron chi connectivity index (χ3n) is 2.77. The van der Waals surface area contributed by atoms with Gasteiger partial charge in [-0.05, 0) is 13.0 Å². The molecule has 0 atom stereocenters. The maximum Gasteiger partial charge on any atom is 0.143 e. The summed E-state index contributed by atoms with van der Waals surface area (Å²) >= 11 is 6.06. The Kier molecular flexibility index (Phi) is 4.63. The Morgan fingerprint density at radius 3 is 2.60 bits per heavy atom. The summed E-state index contributed by atoms with van der Waals surface area (Å²) in [5.74, 6) is 1.99. The number of benzene rings is 1. The number of hydrogen-bond donors (Lipinski definition) is 1. The zero-order valence-corrected chi connectivity index (χ0v) is 12.4. The summed E-state index contributed by atoms with van der Waals surface area (Å²) < 4.78 is 10.5. The van der Waals surface area contributed by atoms with E-state index in [-0.39, 0.29) is 0 Å². The highest BCUT2D eigenvalue weighted by atomic mass is 35.5. The van der Waals surface area contributed by atoms with E-state index in [2.05, 4.69) is 15.3 Å². The lowest BCUT2D eigenvalue weighted by Gasteiger charge is -2.13. The minimum atomic E-state index is 0.507. The molecule has 20 heavy (non-hydrogen) atoms. The normalized spacial score (nSPS) is 10.2. The van der Waals surface area contributed by atoms with Gasteiger partial charge in [0, 0.05) is 18.3 Å². The molecule has 1 heterocycles. The summed E-state index contributed by atoms with van der Waals surface area (Å²) in [7, 11) is 3.17. The second kappa shape index (κ2) is 6.43. The maximum atomic E-state index is 6.06. The van der Waals surface area contributed by atoms with Gasteiger partial charge in [-0.15, -0.1) is 0 Å². The van der Waals surface area contributed by atoms with E-state index in [0.29, 0.717) is 23.1 Å². The first-order valence-corrected chi connectivity index (χ1v) is 6.45. The lowest BCUT2D eigenvalue weighted by Crippen LogP contribution is -2.05. The van der Waals surface area contributed by atoms with Crippen molar-refractivity contribution in [2.24, 2.45) is 0 Å². The molecule has 0 aliphatic carbocycles. The van der Waals surface area contributed by atoms with Crippen molar-refractivity contribution in [3.05, 3.63) is 40.9 Å². The van der Waals surface area contributed by atoms with Crippen LogP contribution < -0.4 is 14.8 Å². The van der Waals surface area contributed by atoms with E-state index in [1.165, 1.54) is 0 Å². The fourth-order valence-electron chi connectivity index (χ4n) is 1.79. The number of nitrogens with one attached hydrogen (secondary N) is 1. The van der Waals surface area contributed by atoms with Crippen molar-refractivity contribution >= 4 is 17.3 Å². The Morgan fingerprint density at radius 2 is 1.95 bits per heavy atom. The molecule has 0 aliphatic heterocycles. The van der Waals surface area contributed by atoms with Crippen LogP contribution in [0.2, 0.25) is 5.02 Å². The largest absolute Gasteiger partial charge is 0.495 e. The number of hydrogen-bond acceptors (Lipinski definition) is 5. The topological polar surface area (TPSA) is 56.3 Å². The van der Waals surface area contributed by atoms with Gasteiger partial charge in [-0.3, -0.25) is 0 Å².